The van der Waals surface area contributed by atoms with E-state index in [9.17, 15) is 5.11 Å². The third-order valence-corrected chi connectivity index (χ3v) is 3.61. The lowest BCUT2D eigenvalue weighted by molar-refractivity contribution is 0.297. The van der Waals surface area contributed by atoms with Crippen LogP contribution in [-0.2, 0) is 13.2 Å². The minimum absolute atomic E-state index is 0.239. The van der Waals surface area contributed by atoms with Gasteiger partial charge in [0.2, 0.25) is 0 Å². The molecule has 1 aliphatic rings. The maximum Gasteiger partial charge on any atom is 0.171 e. The molecule has 1 aliphatic heterocycles. The van der Waals surface area contributed by atoms with Crippen molar-refractivity contribution in [2.75, 3.05) is 0 Å². The van der Waals surface area contributed by atoms with Crippen molar-refractivity contribution in [2.45, 2.75) is 13.2 Å². The van der Waals surface area contributed by atoms with E-state index >= 15 is 0 Å². The molecular formula is C16H13N3O2. The van der Waals surface area contributed by atoms with Crippen molar-refractivity contribution >= 4 is 0 Å². The van der Waals surface area contributed by atoms with Crippen LogP contribution < -0.4 is 4.74 Å². The van der Waals surface area contributed by atoms with Gasteiger partial charge < -0.3 is 14.4 Å². The first-order valence-corrected chi connectivity index (χ1v) is 6.73. The van der Waals surface area contributed by atoms with Crippen molar-refractivity contribution < 1.29 is 9.84 Å². The molecule has 0 aliphatic carbocycles. The number of hydrogen-bond acceptors (Lipinski definition) is 4. The Morgan fingerprint density at radius 3 is 2.67 bits per heavy atom. The fourth-order valence-corrected chi connectivity index (χ4v) is 2.52. The molecule has 0 atom stereocenters. The van der Waals surface area contributed by atoms with Gasteiger partial charge in [0.15, 0.2) is 11.6 Å². The lowest BCUT2D eigenvalue weighted by Gasteiger charge is -2.08. The number of aromatic hydroxyl groups is 1. The first-order valence-electron chi connectivity index (χ1n) is 6.73. The van der Waals surface area contributed by atoms with E-state index in [1.165, 1.54) is 0 Å². The van der Waals surface area contributed by atoms with Crippen LogP contribution in [0.3, 0.4) is 0 Å². The second-order valence-electron chi connectivity index (χ2n) is 4.97. The lowest BCUT2D eigenvalue weighted by Crippen LogP contribution is -2.05. The van der Waals surface area contributed by atoms with Crippen LogP contribution in [0.5, 0.6) is 11.5 Å². The van der Waals surface area contributed by atoms with Crippen LogP contribution in [0.4, 0.5) is 0 Å². The minimum Gasteiger partial charge on any atom is -0.508 e. The maximum absolute atomic E-state index is 9.40. The van der Waals surface area contributed by atoms with E-state index in [2.05, 4.69) is 14.8 Å². The largest absolute Gasteiger partial charge is 0.508 e. The van der Waals surface area contributed by atoms with E-state index in [1.54, 1.807) is 12.1 Å². The van der Waals surface area contributed by atoms with Crippen molar-refractivity contribution in [3.8, 4) is 22.9 Å². The smallest absolute Gasteiger partial charge is 0.171 e. The Kier molecular flexibility index (Phi) is 2.64. The van der Waals surface area contributed by atoms with Gasteiger partial charge in [-0.25, -0.2) is 0 Å². The lowest BCUT2D eigenvalue weighted by atomic mass is 10.1. The summed E-state index contributed by atoms with van der Waals surface area (Å²) < 4.78 is 7.83. The molecule has 2 aromatic carbocycles. The molecule has 0 amide bonds. The fraction of sp³-hybridized carbons (Fsp3) is 0.125. The van der Waals surface area contributed by atoms with E-state index in [0.717, 1.165) is 28.5 Å². The molecule has 1 aromatic heterocycles. The highest BCUT2D eigenvalue weighted by Gasteiger charge is 2.19. The van der Waals surface area contributed by atoms with Crippen LogP contribution in [0.15, 0.2) is 48.5 Å². The van der Waals surface area contributed by atoms with Crippen molar-refractivity contribution in [2.24, 2.45) is 0 Å². The first kappa shape index (κ1) is 12.0. The van der Waals surface area contributed by atoms with E-state index in [1.807, 2.05) is 36.4 Å². The van der Waals surface area contributed by atoms with E-state index in [-0.39, 0.29) is 5.75 Å². The zero-order valence-electron chi connectivity index (χ0n) is 11.2. The summed E-state index contributed by atoms with van der Waals surface area (Å²) in [6.45, 7) is 1.08. The number of benzene rings is 2. The molecule has 0 fully saturated rings. The van der Waals surface area contributed by atoms with E-state index in [4.69, 9.17) is 4.74 Å². The summed E-state index contributed by atoms with van der Waals surface area (Å²) in [4.78, 5) is 0. The number of hydrogen-bond donors (Lipinski definition) is 1. The molecule has 0 unspecified atom stereocenters. The summed E-state index contributed by atoms with van der Waals surface area (Å²) in [7, 11) is 0. The number of fused-ring (bicyclic) bond motifs is 2. The van der Waals surface area contributed by atoms with Gasteiger partial charge in [-0.2, -0.15) is 0 Å². The van der Waals surface area contributed by atoms with Crippen molar-refractivity contribution in [3.63, 3.8) is 0 Å². The molecule has 0 bridgehead atoms. The average Bonchev–Trinajstić information content (AvgIpc) is 2.81. The fourth-order valence-electron chi connectivity index (χ4n) is 2.52. The van der Waals surface area contributed by atoms with Gasteiger partial charge in [-0.05, 0) is 30.3 Å². The average molecular weight is 279 g/mol. The summed E-state index contributed by atoms with van der Waals surface area (Å²) in [5.41, 5.74) is 2.03. The SMILES string of the molecule is Oc1ccc(-c2nnc3n2Cc2ccccc2OC3)cc1. The molecule has 21 heavy (non-hydrogen) atoms. The second kappa shape index (κ2) is 4.63. The van der Waals surface area contributed by atoms with Gasteiger partial charge in [0.05, 0.1) is 6.54 Å². The number of phenols is 1. The maximum atomic E-state index is 9.40. The second-order valence-corrected chi connectivity index (χ2v) is 4.97. The number of ether oxygens (including phenoxy) is 1. The summed E-state index contributed by atoms with van der Waals surface area (Å²) >= 11 is 0. The molecule has 2 heterocycles. The predicted octanol–water partition coefficient (Wildman–Crippen LogP) is 2.59. The van der Waals surface area contributed by atoms with Gasteiger partial charge in [-0.3, -0.25) is 0 Å². The Hall–Kier alpha value is -2.82. The van der Waals surface area contributed by atoms with Gasteiger partial charge in [0, 0.05) is 11.1 Å². The van der Waals surface area contributed by atoms with Gasteiger partial charge in [-0.15, -0.1) is 10.2 Å². The highest BCUT2D eigenvalue weighted by atomic mass is 16.5. The molecule has 104 valence electrons. The van der Waals surface area contributed by atoms with Crippen molar-refractivity contribution in [3.05, 3.63) is 59.9 Å². The van der Waals surface area contributed by atoms with Crippen LogP contribution in [-0.4, -0.2) is 19.9 Å². The number of rotatable bonds is 1. The topological polar surface area (TPSA) is 60.2 Å². The third-order valence-electron chi connectivity index (χ3n) is 3.61. The van der Waals surface area contributed by atoms with Crippen LogP contribution in [0.2, 0.25) is 0 Å². The van der Waals surface area contributed by atoms with Crippen LogP contribution >= 0.6 is 0 Å². The highest BCUT2D eigenvalue weighted by Crippen LogP contribution is 2.28. The Morgan fingerprint density at radius 1 is 1.00 bits per heavy atom. The summed E-state index contributed by atoms with van der Waals surface area (Å²) in [5, 5.41) is 17.9. The van der Waals surface area contributed by atoms with Crippen LogP contribution in [0.1, 0.15) is 11.4 Å². The van der Waals surface area contributed by atoms with Crippen molar-refractivity contribution in [1.82, 2.24) is 14.8 Å². The highest BCUT2D eigenvalue weighted by molar-refractivity contribution is 5.57. The molecule has 5 nitrogen and oxygen atoms in total. The number of phenolic OH excluding ortho intramolecular Hbond substituents is 1. The van der Waals surface area contributed by atoms with Gasteiger partial charge in [0.1, 0.15) is 18.1 Å². The standard InChI is InChI=1S/C16H13N3O2/c20-13-7-5-11(6-8-13)16-18-17-15-10-21-14-4-2-1-3-12(14)9-19(15)16/h1-8,20H,9-10H2. The molecule has 4 rings (SSSR count). The minimum atomic E-state index is 0.239. The summed E-state index contributed by atoms with van der Waals surface area (Å²) in [6.07, 6.45) is 0. The number of nitrogens with zero attached hydrogens (tertiary/aromatic N) is 3. The van der Waals surface area contributed by atoms with E-state index in [0.29, 0.717) is 13.2 Å². The summed E-state index contributed by atoms with van der Waals surface area (Å²) in [6, 6.07) is 15.0. The Bertz CT molecular complexity index is 794. The Labute approximate surface area is 121 Å². The van der Waals surface area contributed by atoms with Gasteiger partial charge in [-0.1, -0.05) is 18.2 Å². The van der Waals surface area contributed by atoms with Gasteiger partial charge in [0.25, 0.3) is 0 Å². The summed E-state index contributed by atoms with van der Waals surface area (Å²) in [5.74, 6) is 2.71. The molecule has 3 aromatic rings. The molecule has 0 radical (unpaired) electrons. The number of aromatic nitrogens is 3. The normalized spacial score (nSPS) is 13.0. The zero-order valence-corrected chi connectivity index (χ0v) is 11.2. The monoisotopic (exact) mass is 279 g/mol. The Balaban J connectivity index is 1.81. The molecule has 0 saturated carbocycles. The third kappa shape index (κ3) is 2.03. The molecule has 1 N–H and O–H groups in total. The molecule has 0 saturated heterocycles. The molecular weight excluding hydrogens is 266 g/mol. The zero-order chi connectivity index (χ0) is 14.2. The molecule has 0 spiro atoms. The Morgan fingerprint density at radius 2 is 1.81 bits per heavy atom. The molecule has 5 heteroatoms. The van der Waals surface area contributed by atoms with Crippen LogP contribution in [0, 0.1) is 0 Å². The van der Waals surface area contributed by atoms with Crippen LogP contribution in [0.25, 0.3) is 11.4 Å². The first-order chi connectivity index (χ1) is 10.3. The predicted molar refractivity (Wildman–Crippen MR) is 77.0 cm³/mol. The van der Waals surface area contributed by atoms with E-state index < -0.39 is 0 Å². The van der Waals surface area contributed by atoms with Crippen molar-refractivity contribution in [1.29, 1.82) is 0 Å². The number of para-hydroxylation sites is 1. The van der Waals surface area contributed by atoms with Gasteiger partial charge >= 0.3 is 0 Å². The quantitative estimate of drug-likeness (QED) is 0.743.